The molecule has 1 nitrogen and oxygen atoms in total. The van der Waals surface area contributed by atoms with E-state index in [-0.39, 0.29) is 17.4 Å². The van der Waals surface area contributed by atoms with E-state index in [4.69, 9.17) is 0 Å². The van der Waals surface area contributed by atoms with Gasteiger partial charge in [-0.25, -0.2) is 8.78 Å². The highest BCUT2D eigenvalue weighted by Gasteiger charge is 2.30. The summed E-state index contributed by atoms with van der Waals surface area (Å²) in [4.78, 5) is 0. The fourth-order valence-corrected chi connectivity index (χ4v) is 4.55. The first-order valence-corrected chi connectivity index (χ1v) is 9.63. The summed E-state index contributed by atoms with van der Waals surface area (Å²) in [6.45, 7) is 4.43. The van der Waals surface area contributed by atoms with Crippen LogP contribution in [0.1, 0.15) is 88.4 Å². The van der Waals surface area contributed by atoms with E-state index in [1.165, 1.54) is 0 Å². The molecule has 0 aliphatic heterocycles. The minimum absolute atomic E-state index is 0.0523. The zero-order valence-corrected chi connectivity index (χ0v) is 14.9. The first-order chi connectivity index (χ1) is 11.5. The molecular formula is C21H30F2O. The first-order valence-electron chi connectivity index (χ1n) is 9.63. The molecule has 0 amide bonds. The minimum atomic E-state index is -0.882. The summed E-state index contributed by atoms with van der Waals surface area (Å²) in [6.07, 6.45) is 7.05. The van der Waals surface area contributed by atoms with Crippen molar-refractivity contribution in [1.29, 1.82) is 0 Å². The molecule has 134 valence electrons. The maximum Gasteiger partial charge on any atom is 0.164 e. The van der Waals surface area contributed by atoms with Crippen LogP contribution >= 0.6 is 0 Å². The molecule has 1 N–H and O–H groups in total. The lowest BCUT2D eigenvalue weighted by atomic mass is 9.77. The topological polar surface area (TPSA) is 20.2 Å². The number of benzene rings is 1. The van der Waals surface area contributed by atoms with Gasteiger partial charge in [-0.15, -0.1) is 0 Å². The smallest absolute Gasteiger partial charge is 0.164 e. The summed E-state index contributed by atoms with van der Waals surface area (Å²) < 4.78 is 29.3. The van der Waals surface area contributed by atoms with Crippen LogP contribution < -0.4 is 0 Å². The molecule has 1 unspecified atom stereocenters. The normalized spacial score (nSPS) is 32.5. The van der Waals surface area contributed by atoms with Crippen LogP contribution in [0.15, 0.2) is 12.1 Å². The van der Waals surface area contributed by atoms with E-state index >= 15 is 0 Å². The van der Waals surface area contributed by atoms with Crippen molar-refractivity contribution in [3.8, 4) is 0 Å². The molecule has 0 aromatic heterocycles. The van der Waals surface area contributed by atoms with Crippen LogP contribution in [-0.2, 0) is 0 Å². The van der Waals surface area contributed by atoms with Gasteiger partial charge in [0.2, 0.25) is 0 Å². The molecule has 2 saturated carbocycles. The highest BCUT2D eigenvalue weighted by Crippen LogP contribution is 2.41. The summed E-state index contributed by atoms with van der Waals surface area (Å²) in [5, 5.41) is 10.6. The average Bonchev–Trinajstić information content (AvgIpc) is 2.58. The summed E-state index contributed by atoms with van der Waals surface area (Å²) in [5.74, 6) is -0.0172. The van der Waals surface area contributed by atoms with Gasteiger partial charge in [0.1, 0.15) is 0 Å². The maximum atomic E-state index is 14.6. The number of aliphatic hydroxyl groups excluding tert-OH is 1. The van der Waals surface area contributed by atoms with Crippen molar-refractivity contribution in [1.82, 2.24) is 0 Å². The molecule has 0 saturated heterocycles. The highest BCUT2D eigenvalue weighted by atomic mass is 19.2. The van der Waals surface area contributed by atoms with E-state index in [2.05, 4.69) is 13.8 Å². The van der Waals surface area contributed by atoms with Crippen molar-refractivity contribution in [3.05, 3.63) is 34.9 Å². The molecule has 0 heterocycles. The van der Waals surface area contributed by atoms with Crippen molar-refractivity contribution in [3.63, 3.8) is 0 Å². The van der Waals surface area contributed by atoms with E-state index in [0.717, 1.165) is 51.4 Å². The molecule has 0 radical (unpaired) electrons. The second-order valence-electron chi connectivity index (χ2n) is 8.29. The van der Waals surface area contributed by atoms with E-state index in [1.807, 2.05) is 0 Å². The summed E-state index contributed by atoms with van der Waals surface area (Å²) in [5.41, 5.74) is 0.660. The molecular weight excluding hydrogens is 306 g/mol. The summed E-state index contributed by atoms with van der Waals surface area (Å²) >= 11 is 0. The molecule has 2 aliphatic rings. The van der Waals surface area contributed by atoms with E-state index in [1.54, 1.807) is 12.1 Å². The zero-order chi connectivity index (χ0) is 17.3. The predicted molar refractivity (Wildman–Crippen MR) is 92.8 cm³/mol. The van der Waals surface area contributed by atoms with Gasteiger partial charge in [0.15, 0.2) is 11.6 Å². The SMILES string of the molecule is CC1CCC(c2ccc(C(O)C3CCC(C)CC3)c(F)c2F)CC1. The molecule has 0 spiro atoms. The predicted octanol–water partition coefficient (Wildman–Crippen LogP) is 6.12. The number of aliphatic hydroxyl groups is 1. The lowest BCUT2D eigenvalue weighted by molar-refractivity contribution is 0.0719. The van der Waals surface area contributed by atoms with Gasteiger partial charge in [-0.05, 0) is 54.9 Å². The Morgan fingerprint density at radius 3 is 1.96 bits per heavy atom. The largest absolute Gasteiger partial charge is 0.388 e. The molecule has 2 aliphatic carbocycles. The van der Waals surface area contributed by atoms with Gasteiger partial charge in [0, 0.05) is 5.56 Å². The number of hydrogen-bond donors (Lipinski definition) is 1. The van der Waals surface area contributed by atoms with Crippen LogP contribution in [0.5, 0.6) is 0 Å². The van der Waals surface area contributed by atoms with Crippen molar-refractivity contribution in [2.24, 2.45) is 17.8 Å². The van der Waals surface area contributed by atoms with Crippen LogP contribution in [0, 0.1) is 29.4 Å². The van der Waals surface area contributed by atoms with Crippen LogP contribution in [0.4, 0.5) is 8.78 Å². The number of rotatable bonds is 3. The summed E-state index contributed by atoms with van der Waals surface area (Å²) in [6, 6.07) is 3.36. The highest BCUT2D eigenvalue weighted by molar-refractivity contribution is 5.31. The van der Waals surface area contributed by atoms with E-state index in [9.17, 15) is 13.9 Å². The first kappa shape index (κ1) is 17.8. The monoisotopic (exact) mass is 336 g/mol. The molecule has 1 aromatic carbocycles. The lowest BCUT2D eigenvalue weighted by Gasteiger charge is -2.31. The quantitative estimate of drug-likeness (QED) is 0.705. The number of hydrogen-bond acceptors (Lipinski definition) is 1. The van der Waals surface area contributed by atoms with Crippen LogP contribution in [0.3, 0.4) is 0 Å². The van der Waals surface area contributed by atoms with Gasteiger partial charge in [-0.3, -0.25) is 0 Å². The second-order valence-corrected chi connectivity index (χ2v) is 8.29. The molecule has 1 aromatic rings. The van der Waals surface area contributed by atoms with E-state index < -0.39 is 17.7 Å². The molecule has 3 heteroatoms. The maximum absolute atomic E-state index is 14.6. The van der Waals surface area contributed by atoms with Crippen molar-refractivity contribution < 1.29 is 13.9 Å². The van der Waals surface area contributed by atoms with E-state index in [0.29, 0.717) is 17.4 Å². The Hall–Kier alpha value is -0.960. The zero-order valence-electron chi connectivity index (χ0n) is 14.9. The molecule has 3 rings (SSSR count). The van der Waals surface area contributed by atoms with Crippen LogP contribution in [0.25, 0.3) is 0 Å². The van der Waals surface area contributed by atoms with Gasteiger partial charge in [-0.2, -0.15) is 0 Å². The third-order valence-corrected chi connectivity index (χ3v) is 6.42. The van der Waals surface area contributed by atoms with Crippen molar-refractivity contribution in [2.45, 2.75) is 77.2 Å². The van der Waals surface area contributed by atoms with Crippen LogP contribution in [-0.4, -0.2) is 5.11 Å². The Morgan fingerprint density at radius 1 is 0.833 bits per heavy atom. The van der Waals surface area contributed by atoms with Crippen molar-refractivity contribution >= 4 is 0 Å². The Kier molecular flexibility index (Phi) is 5.59. The summed E-state index contributed by atoms with van der Waals surface area (Å²) in [7, 11) is 0. The molecule has 24 heavy (non-hydrogen) atoms. The fraction of sp³-hybridized carbons (Fsp3) is 0.714. The molecule has 1 atom stereocenters. The molecule has 2 fully saturated rings. The number of halogens is 2. The van der Waals surface area contributed by atoms with Crippen molar-refractivity contribution in [2.75, 3.05) is 0 Å². The fourth-order valence-electron chi connectivity index (χ4n) is 4.55. The molecule has 0 bridgehead atoms. The average molecular weight is 336 g/mol. The Labute approximate surface area is 144 Å². The third-order valence-electron chi connectivity index (χ3n) is 6.42. The van der Waals surface area contributed by atoms with Gasteiger partial charge < -0.3 is 5.11 Å². The second kappa shape index (κ2) is 7.51. The minimum Gasteiger partial charge on any atom is -0.388 e. The third kappa shape index (κ3) is 3.66. The van der Waals surface area contributed by atoms with Gasteiger partial charge in [0.05, 0.1) is 6.10 Å². The Balaban J connectivity index is 1.77. The standard InChI is InChI=1S/C21H30F2O/c1-13-3-7-15(8-4-13)17-11-12-18(20(23)19(17)22)21(24)16-9-5-14(2)6-10-16/h11-16,21,24H,3-10H2,1-2H3. The van der Waals surface area contributed by atoms with Crippen LogP contribution in [0.2, 0.25) is 0 Å². The lowest BCUT2D eigenvalue weighted by Crippen LogP contribution is -2.21. The van der Waals surface area contributed by atoms with Gasteiger partial charge >= 0.3 is 0 Å². The van der Waals surface area contributed by atoms with Gasteiger partial charge in [0.25, 0.3) is 0 Å². The van der Waals surface area contributed by atoms with Gasteiger partial charge in [-0.1, -0.05) is 51.7 Å². The Bertz CT molecular complexity index is 555. The Morgan fingerprint density at radius 2 is 1.38 bits per heavy atom.